The molecule has 1 aromatic heterocycles. The number of carbonyl (C=O) groups excluding carboxylic acids is 3. The number of ketones is 1. The lowest BCUT2D eigenvalue weighted by molar-refractivity contribution is -0.144. The molecule has 1 aliphatic rings. The summed E-state index contributed by atoms with van der Waals surface area (Å²) >= 11 is 6.34. The zero-order chi connectivity index (χ0) is 25.9. The molecule has 0 radical (unpaired) electrons. The van der Waals surface area contributed by atoms with Crippen molar-refractivity contribution in [2.24, 2.45) is 5.92 Å². The molecule has 3 aromatic carbocycles. The molecule has 188 valence electrons. The predicted molar refractivity (Wildman–Crippen MR) is 143 cm³/mol. The van der Waals surface area contributed by atoms with Gasteiger partial charge in [-0.05, 0) is 41.3 Å². The third kappa shape index (κ3) is 5.16. The van der Waals surface area contributed by atoms with E-state index in [0.29, 0.717) is 24.4 Å². The molecule has 0 spiro atoms. The van der Waals surface area contributed by atoms with Crippen molar-refractivity contribution in [1.82, 2.24) is 10.3 Å². The molecule has 2 N–H and O–H groups in total. The van der Waals surface area contributed by atoms with Gasteiger partial charge in [0.2, 0.25) is 5.91 Å². The van der Waals surface area contributed by atoms with E-state index in [1.165, 1.54) is 6.92 Å². The van der Waals surface area contributed by atoms with Crippen LogP contribution in [-0.2, 0) is 32.0 Å². The average molecular weight is 515 g/mol. The maximum atomic E-state index is 13.8. The first-order valence-electron chi connectivity index (χ1n) is 12.3. The third-order valence-electron chi connectivity index (χ3n) is 6.85. The smallest absolute Gasteiger partial charge is 0.318 e. The molecule has 1 amide bonds. The highest BCUT2D eigenvalue weighted by molar-refractivity contribution is 6.31. The molecule has 6 nitrogen and oxygen atoms in total. The Morgan fingerprint density at radius 2 is 1.73 bits per heavy atom. The average Bonchev–Trinajstić information content (AvgIpc) is 3.37. The number of fused-ring (bicyclic) bond motifs is 1. The lowest BCUT2D eigenvalue weighted by Crippen LogP contribution is -2.29. The zero-order valence-corrected chi connectivity index (χ0v) is 21.1. The Bertz CT molecular complexity index is 1450. The number of esters is 1. The van der Waals surface area contributed by atoms with Crippen molar-refractivity contribution in [3.8, 4) is 0 Å². The fourth-order valence-corrected chi connectivity index (χ4v) is 5.36. The summed E-state index contributed by atoms with van der Waals surface area (Å²) in [5.74, 6) is -2.46. The summed E-state index contributed by atoms with van der Waals surface area (Å²) < 4.78 is 5.68. The monoisotopic (exact) mass is 514 g/mol. The predicted octanol–water partition coefficient (Wildman–Crippen LogP) is 4.99. The van der Waals surface area contributed by atoms with Crippen LogP contribution >= 0.6 is 11.6 Å². The third-order valence-corrected chi connectivity index (χ3v) is 7.09. The Morgan fingerprint density at radius 3 is 2.43 bits per heavy atom. The number of amides is 1. The SMILES string of the molecule is CC(=O)NCCc1c(C(c2ccccc2)C2C(=O)OC(Cc3ccccc3)C2=O)[nH]c2ccc(Cl)cc12. The number of nitrogens with one attached hydrogen (secondary N) is 2. The van der Waals surface area contributed by atoms with Gasteiger partial charge < -0.3 is 15.0 Å². The Labute approximate surface area is 220 Å². The summed E-state index contributed by atoms with van der Waals surface area (Å²) in [6, 6.07) is 24.6. The van der Waals surface area contributed by atoms with Gasteiger partial charge in [-0.25, -0.2) is 0 Å². The van der Waals surface area contributed by atoms with E-state index >= 15 is 0 Å². The van der Waals surface area contributed by atoms with Gasteiger partial charge in [-0.3, -0.25) is 14.4 Å². The van der Waals surface area contributed by atoms with E-state index in [1.54, 1.807) is 6.07 Å². The number of H-pyrrole nitrogens is 1. The van der Waals surface area contributed by atoms with Crippen molar-refractivity contribution < 1.29 is 19.1 Å². The molecule has 5 rings (SSSR count). The van der Waals surface area contributed by atoms with Crippen molar-refractivity contribution in [1.29, 1.82) is 0 Å². The highest BCUT2D eigenvalue weighted by Gasteiger charge is 2.49. The van der Waals surface area contributed by atoms with Crippen LogP contribution in [0.25, 0.3) is 10.9 Å². The van der Waals surface area contributed by atoms with Gasteiger partial charge in [0.05, 0.1) is 0 Å². The molecule has 0 bridgehead atoms. The Hall–Kier alpha value is -3.90. The van der Waals surface area contributed by atoms with Crippen LogP contribution in [0.4, 0.5) is 0 Å². The van der Waals surface area contributed by atoms with E-state index in [-0.39, 0.29) is 11.7 Å². The van der Waals surface area contributed by atoms with Gasteiger partial charge in [-0.1, -0.05) is 72.3 Å². The van der Waals surface area contributed by atoms with Crippen molar-refractivity contribution in [2.75, 3.05) is 6.54 Å². The van der Waals surface area contributed by atoms with Gasteiger partial charge in [-0.2, -0.15) is 0 Å². The summed E-state index contributed by atoms with van der Waals surface area (Å²) in [4.78, 5) is 42.1. The molecule has 3 atom stereocenters. The van der Waals surface area contributed by atoms with Crippen LogP contribution in [0.2, 0.25) is 5.02 Å². The minimum absolute atomic E-state index is 0.127. The molecule has 0 saturated carbocycles. The number of hydrogen-bond acceptors (Lipinski definition) is 4. The molecule has 4 aromatic rings. The van der Waals surface area contributed by atoms with Crippen LogP contribution < -0.4 is 5.32 Å². The van der Waals surface area contributed by atoms with Crippen molar-refractivity contribution in [2.45, 2.75) is 31.8 Å². The Kier molecular flexibility index (Phi) is 7.10. The lowest BCUT2D eigenvalue weighted by Gasteiger charge is -2.22. The molecule has 7 heteroatoms. The number of cyclic esters (lactones) is 1. The van der Waals surface area contributed by atoms with Gasteiger partial charge in [0.15, 0.2) is 11.9 Å². The second-order valence-corrected chi connectivity index (χ2v) is 9.76. The maximum Gasteiger partial charge on any atom is 0.318 e. The molecular formula is C30H27ClN2O4. The van der Waals surface area contributed by atoms with E-state index in [9.17, 15) is 14.4 Å². The van der Waals surface area contributed by atoms with Crippen LogP contribution in [0.1, 0.15) is 35.2 Å². The van der Waals surface area contributed by atoms with Crippen molar-refractivity contribution in [3.05, 3.63) is 106 Å². The molecule has 3 unspecified atom stereocenters. The first-order chi connectivity index (χ1) is 17.9. The number of carbonyl (C=O) groups is 3. The largest absolute Gasteiger partial charge is 0.453 e. The van der Waals surface area contributed by atoms with Crippen LogP contribution in [0.15, 0.2) is 78.9 Å². The standard InChI is InChI=1S/C30H27ClN2O4/c1-18(34)32-15-14-22-23-17-21(31)12-13-24(23)33-28(22)26(20-10-6-3-7-11-20)27-29(35)25(37-30(27)36)16-19-8-4-2-5-9-19/h2-13,17,25-27,33H,14-16H2,1H3,(H,32,34). The van der Waals surface area contributed by atoms with Gasteiger partial charge in [0.1, 0.15) is 5.92 Å². The van der Waals surface area contributed by atoms with E-state index in [2.05, 4.69) is 10.3 Å². The van der Waals surface area contributed by atoms with Crippen LogP contribution in [-0.4, -0.2) is 35.3 Å². The van der Waals surface area contributed by atoms with Crippen LogP contribution in [0, 0.1) is 5.92 Å². The topological polar surface area (TPSA) is 88.3 Å². The van der Waals surface area contributed by atoms with E-state index in [0.717, 1.165) is 33.3 Å². The molecule has 1 aliphatic heterocycles. The zero-order valence-electron chi connectivity index (χ0n) is 20.4. The summed E-state index contributed by atoms with van der Waals surface area (Å²) in [7, 11) is 0. The molecule has 1 fully saturated rings. The normalized spacial score (nSPS) is 18.1. The quantitative estimate of drug-likeness (QED) is 0.256. The summed E-state index contributed by atoms with van der Waals surface area (Å²) in [5.41, 5.74) is 4.27. The van der Waals surface area contributed by atoms with Crippen molar-refractivity contribution >= 4 is 40.2 Å². The van der Waals surface area contributed by atoms with Gasteiger partial charge in [0.25, 0.3) is 0 Å². The minimum atomic E-state index is -1.00. The number of Topliss-reactive ketones (excluding diaryl/α,β-unsaturated/α-hetero) is 1. The van der Waals surface area contributed by atoms with Gasteiger partial charge in [-0.15, -0.1) is 0 Å². The highest BCUT2D eigenvalue weighted by Crippen LogP contribution is 2.41. The van der Waals surface area contributed by atoms with Gasteiger partial charge in [0, 0.05) is 47.4 Å². The Morgan fingerprint density at radius 1 is 1.03 bits per heavy atom. The fraction of sp³-hybridized carbons (Fsp3) is 0.233. The summed E-state index contributed by atoms with van der Waals surface area (Å²) in [6.07, 6.45) is -0.00361. The number of hydrogen-bond donors (Lipinski definition) is 2. The van der Waals surface area contributed by atoms with Crippen molar-refractivity contribution in [3.63, 3.8) is 0 Å². The second-order valence-electron chi connectivity index (χ2n) is 9.32. The van der Waals surface area contributed by atoms with Gasteiger partial charge >= 0.3 is 5.97 Å². The summed E-state index contributed by atoms with van der Waals surface area (Å²) in [6.45, 7) is 1.88. The first kappa shape index (κ1) is 24.8. The number of aromatic nitrogens is 1. The molecule has 2 heterocycles. The Balaban J connectivity index is 1.60. The lowest BCUT2D eigenvalue weighted by atomic mass is 9.79. The van der Waals surface area contributed by atoms with Crippen LogP contribution in [0.3, 0.4) is 0 Å². The first-order valence-corrected chi connectivity index (χ1v) is 12.7. The molecule has 1 saturated heterocycles. The number of rotatable bonds is 8. The molecule has 37 heavy (non-hydrogen) atoms. The van der Waals surface area contributed by atoms with E-state index in [4.69, 9.17) is 16.3 Å². The fourth-order valence-electron chi connectivity index (χ4n) is 5.18. The molecular weight excluding hydrogens is 488 g/mol. The summed E-state index contributed by atoms with van der Waals surface area (Å²) in [5, 5.41) is 4.32. The second kappa shape index (κ2) is 10.6. The molecule has 0 aliphatic carbocycles. The number of halogens is 1. The number of ether oxygens (including phenoxy) is 1. The van der Waals surface area contributed by atoms with Crippen LogP contribution in [0.5, 0.6) is 0 Å². The van der Waals surface area contributed by atoms with E-state index in [1.807, 2.05) is 72.8 Å². The van der Waals surface area contributed by atoms with E-state index < -0.39 is 23.9 Å². The highest BCUT2D eigenvalue weighted by atomic mass is 35.5. The minimum Gasteiger partial charge on any atom is -0.453 e. The maximum absolute atomic E-state index is 13.8. The number of benzene rings is 3. The number of aromatic amines is 1.